The molecule has 1 heterocycles. The number of amides is 2. The first-order valence-electron chi connectivity index (χ1n) is 9.52. The maximum atomic E-state index is 13.4. The molecule has 2 aromatic rings. The molecule has 0 radical (unpaired) electrons. The second kappa shape index (κ2) is 9.88. The molecule has 7 nitrogen and oxygen atoms in total. The molecule has 0 unspecified atom stereocenters. The standard InChI is InChI=1S/C21H25FN4O3/c1-29-19-8-7-16(22)15-18(19)21(28)24-23-20(27)9-10-25-11-13-26(14-12-25)17-5-3-2-4-6-17/h2-8,15H,9-14H2,1H3,(H,23,27)(H,24,28). The maximum Gasteiger partial charge on any atom is 0.273 e. The Labute approximate surface area is 169 Å². The van der Waals surface area contributed by atoms with E-state index in [1.807, 2.05) is 18.2 Å². The van der Waals surface area contributed by atoms with Gasteiger partial charge < -0.3 is 9.64 Å². The van der Waals surface area contributed by atoms with Crippen LogP contribution in [0, 0.1) is 5.82 Å². The van der Waals surface area contributed by atoms with Crippen molar-refractivity contribution in [1.29, 1.82) is 0 Å². The van der Waals surface area contributed by atoms with Crippen LogP contribution in [0.25, 0.3) is 0 Å². The maximum absolute atomic E-state index is 13.4. The molecule has 154 valence electrons. The quantitative estimate of drug-likeness (QED) is 0.724. The van der Waals surface area contributed by atoms with E-state index in [0.717, 1.165) is 32.2 Å². The van der Waals surface area contributed by atoms with E-state index >= 15 is 0 Å². The number of anilines is 1. The first kappa shape index (κ1) is 20.6. The second-order valence-corrected chi connectivity index (χ2v) is 6.76. The smallest absolute Gasteiger partial charge is 0.273 e. The van der Waals surface area contributed by atoms with Crippen molar-refractivity contribution in [3.05, 3.63) is 59.9 Å². The van der Waals surface area contributed by atoms with Crippen LogP contribution in [-0.2, 0) is 4.79 Å². The van der Waals surface area contributed by atoms with E-state index in [1.54, 1.807) is 0 Å². The number of carbonyl (C=O) groups excluding carboxylic acids is 2. The van der Waals surface area contributed by atoms with E-state index in [1.165, 1.54) is 24.9 Å². The van der Waals surface area contributed by atoms with Crippen molar-refractivity contribution in [2.45, 2.75) is 6.42 Å². The number of halogens is 1. The fourth-order valence-corrected chi connectivity index (χ4v) is 3.24. The highest BCUT2D eigenvalue weighted by molar-refractivity contribution is 5.97. The highest BCUT2D eigenvalue weighted by Crippen LogP contribution is 2.19. The Bertz CT molecular complexity index is 839. The second-order valence-electron chi connectivity index (χ2n) is 6.76. The lowest BCUT2D eigenvalue weighted by molar-refractivity contribution is -0.122. The zero-order chi connectivity index (χ0) is 20.6. The Balaban J connectivity index is 1.40. The summed E-state index contributed by atoms with van der Waals surface area (Å²) in [7, 11) is 1.39. The summed E-state index contributed by atoms with van der Waals surface area (Å²) in [6, 6.07) is 13.9. The Morgan fingerprint density at radius 2 is 1.76 bits per heavy atom. The lowest BCUT2D eigenvalue weighted by atomic mass is 10.2. The minimum absolute atomic E-state index is 0.0184. The van der Waals surface area contributed by atoms with E-state index in [-0.39, 0.29) is 23.6 Å². The van der Waals surface area contributed by atoms with Crippen molar-refractivity contribution in [2.24, 2.45) is 0 Å². The van der Waals surface area contributed by atoms with E-state index < -0.39 is 11.7 Å². The molecule has 1 aliphatic rings. The van der Waals surface area contributed by atoms with Gasteiger partial charge in [-0.2, -0.15) is 0 Å². The van der Waals surface area contributed by atoms with Gasteiger partial charge in [-0.25, -0.2) is 4.39 Å². The van der Waals surface area contributed by atoms with Crippen LogP contribution in [0.2, 0.25) is 0 Å². The summed E-state index contributed by atoms with van der Waals surface area (Å²) < 4.78 is 18.4. The van der Waals surface area contributed by atoms with Crippen molar-refractivity contribution in [2.75, 3.05) is 44.7 Å². The Kier molecular flexibility index (Phi) is 7.02. The molecule has 0 aliphatic carbocycles. The van der Waals surface area contributed by atoms with Crippen molar-refractivity contribution in [3.8, 4) is 5.75 Å². The van der Waals surface area contributed by atoms with Crippen LogP contribution < -0.4 is 20.5 Å². The molecule has 2 N–H and O–H groups in total. The normalized spacial score (nSPS) is 14.3. The van der Waals surface area contributed by atoms with Crippen molar-refractivity contribution in [3.63, 3.8) is 0 Å². The Morgan fingerprint density at radius 1 is 1.03 bits per heavy atom. The molecule has 1 saturated heterocycles. The van der Waals surface area contributed by atoms with Crippen LogP contribution in [0.15, 0.2) is 48.5 Å². The highest BCUT2D eigenvalue weighted by atomic mass is 19.1. The number of hydrogen-bond acceptors (Lipinski definition) is 5. The lowest BCUT2D eigenvalue weighted by Crippen LogP contribution is -2.48. The van der Waals surface area contributed by atoms with Gasteiger partial charge >= 0.3 is 0 Å². The minimum atomic E-state index is -0.633. The fraction of sp³-hybridized carbons (Fsp3) is 0.333. The number of nitrogens with one attached hydrogen (secondary N) is 2. The molecule has 2 aromatic carbocycles. The largest absolute Gasteiger partial charge is 0.496 e. The number of benzene rings is 2. The summed E-state index contributed by atoms with van der Waals surface area (Å²) in [5.74, 6) is -1.27. The molecule has 0 aromatic heterocycles. The van der Waals surface area contributed by atoms with Gasteiger partial charge in [0.05, 0.1) is 12.7 Å². The van der Waals surface area contributed by atoms with E-state index in [0.29, 0.717) is 6.54 Å². The molecular weight excluding hydrogens is 375 g/mol. The molecule has 1 fully saturated rings. The molecule has 8 heteroatoms. The van der Waals surface area contributed by atoms with Gasteiger partial charge in [0, 0.05) is 44.8 Å². The molecule has 1 aliphatic heterocycles. The summed E-state index contributed by atoms with van der Waals surface area (Å²) >= 11 is 0. The third-order valence-electron chi connectivity index (χ3n) is 4.87. The minimum Gasteiger partial charge on any atom is -0.496 e. The summed E-state index contributed by atoms with van der Waals surface area (Å²) in [6.45, 7) is 4.15. The first-order chi connectivity index (χ1) is 14.1. The first-order valence-corrected chi connectivity index (χ1v) is 9.52. The van der Waals surface area contributed by atoms with E-state index in [9.17, 15) is 14.0 Å². The van der Waals surface area contributed by atoms with Crippen LogP contribution >= 0.6 is 0 Å². The van der Waals surface area contributed by atoms with Gasteiger partial charge in [0.15, 0.2) is 0 Å². The van der Waals surface area contributed by atoms with Crippen LogP contribution in [0.3, 0.4) is 0 Å². The molecule has 0 spiro atoms. The van der Waals surface area contributed by atoms with E-state index in [4.69, 9.17) is 4.74 Å². The third kappa shape index (κ3) is 5.68. The number of ether oxygens (including phenoxy) is 1. The number of carbonyl (C=O) groups is 2. The predicted octanol–water partition coefficient (Wildman–Crippen LogP) is 1.81. The zero-order valence-corrected chi connectivity index (χ0v) is 16.4. The Morgan fingerprint density at radius 3 is 2.45 bits per heavy atom. The van der Waals surface area contributed by atoms with Crippen LogP contribution in [0.5, 0.6) is 5.75 Å². The van der Waals surface area contributed by atoms with Gasteiger partial charge in [0.2, 0.25) is 5.91 Å². The van der Waals surface area contributed by atoms with Crippen LogP contribution in [0.1, 0.15) is 16.8 Å². The topological polar surface area (TPSA) is 73.9 Å². The lowest BCUT2D eigenvalue weighted by Gasteiger charge is -2.36. The third-order valence-corrected chi connectivity index (χ3v) is 4.87. The van der Waals surface area contributed by atoms with Gasteiger partial charge in [0.25, 0.3) is 5.91 Å². The van der Waals surface area contributed by atoms with Crippen LogP contribution in [0.4, 0.5) is 10.1 Å². The number of piperazine rings is 1. The Hall–Kier alpha value is -3.13. The fourth-order valence-electron chi connectivity index (χ4n) is 3.24. The van der Waals surface area contributed by atoms with Gasteiger partial charge in [-0.05, 0) is 30.3 Å². The summed E-state index contributed by atoms with van der Waals surface area (Å²) in [5.41, 5.74) is 5.90. The molecule has 3 rings (SSSR count). The van der Waals surface area contributed by atoms with E-state index in [2.05, 4.69) is 32.8 Å². The number of rotatable bonds is 6. The van der Waals surface area contributed by atoms with Crippen molar-refractivity contribution in [1.82, 2.24) is 15.8 Å². The number of methoxy groups -OCH3 is 1. The van der Waals surface area contributed by atoms with Crippen molar-refractivity contribution < 1.29 is 18.7 Å². The van der Waals surface area contributed by atoms with Crippen LogP contribution in [-0.4, -0.2) is 56.5 Å². The average Bonchev–Trinajstić information content (AvgIpc) is 2.77. The molecular formula is C21H25FN4O3. The highest BCUT2D eigenvalue weighted by Gasteiger charge is 2.18. The monoisotopic (exact) mass is 400 g/mol. The van der Waals surface area contributed by atoms with Crippen molar-refractivity contribution >= 4 is 17.5 Å². The van der Waals surface area contributed by atoms with Gasteiger partial charge in [-0.15, -0.1) is 0 Å². The molecule has 0 saturated carbocycles. The molecule has 2 amide bonds. The SMILES string of the molecule is COc1ccc(F)cc1C(=O)NNC(=O)CCN1CCN(c2ccccc2)CC1. The molecule has 0 bridgehead atoms. The number of para-hydroxylation sites is 1. The zero-order valence-electron chi connectivity index (χ0n) is 16.4. The van der Waals surface area contributed by atoms with Gasteiger partial charge in [0.1, 0.15) is 11.6 Å². The van der Waals surface area contributed by atoms with Gasteiger partial charge in [-0.3, -0.25) is 25.3 Å². The summed E-state index contributed by atoms with van der Waals surface area (Å²) in [5, 5.41) is 0. The molecule has 0 atom stereocenters. The predicted molar refractivity (Wildman–Crippen MR) is 108 cm³/mol. The number of hydrogen-bond donors (Lipinski definition) is 2. The van der Waals surface area contributed by atoms with Gasteiger partial charge in [-0.1, -0.05) is 18.2 Å². The molecule has 29 heavy (non-hydrogen) atoms. The average molecular weight is 400 g/mol. The summed E-state index contributed by atoms with van der Waals surface area (Å²) in [4.78, 5) is 28.8. The number of hydrazine groups is 1. The summed E-state index contributed by atoms with van der Waals surface area (Å²) in [6.07, 6.45) is 0.256. The number of nitrogens with zero attached hydrogens (tertiary/aromatic N) is 2.